The van der Waals surface area contributed by atoms with Crippen molar-refractivity contribution in [3.05, 3.63) is 56.9 Å². The summed E-state index contributed by atoms with van der Waals surface area (Å²) in [4.78, 5) is 25.4. The van der Waals surface area contributed by atoms with Crippen molar-refractivity contribution in [3.8, 4) is 11.4 Å². The molecule has 4 heterocycles. The van der Waals surface area contributed by atoms with Crippen LogP contribution >= 0.6 is 23.2 Å². The van der Waals surface area contributed by atoms with Gasteiger partial charge in [0.05, 0.1) is 58.6 Å². The average molecular weight is 738 g/mol. The van der Waals surface area contributed by atoms with Crippen molar-refractivity contribution < 1.29 is 23.7 Å². The topological polar surface area (TPSA) is 98.2 Å². The molecule has 0 saturated heterocycles. The van der Waals surface area contributed by atoms with Crippen molar-refractivity contribution in [2.24, 2.45) is 5.92 Å². The first kappa shape index (κ1) is 22.5. The monoisotopic (exact) mass is 737 g/mol. The number of aromatic nitrogens is 3. The normalized spacial score (nSPS) is 23.5. The Balaban J connectivity index is 0.00000259. The van der Waals surface area contributed by atoms with Gasteiger partial charge in [-0.25, -0.2) is 4.79 Å². The number of carbonyl (C=O) groups is 2. The van der Waals surface area contributed by atoms with E-state index in [1.54, 1.807) is 22.9 Å². The Morgan fingerprint density at radius 1 is 1.27 bits per heavy atom. The molecule has 2 unspecified atom stereocenters. The predicted octanol–water partition coefficient (Wildman–Crippen LogP) is 4.01. The molecule has 0 fully saturated rings. The molecule has 5 rings (SSSR count). The molecule has 3 atom stereocenters. The number of fused-ring (bicyclic) bond motifs is 5. The van der Waals surface area contributed by atoms with Crippen LogP contribution in [0, 0.1) is 5.92 Å². The quantitative estimate of drug-likeness (QED) is 0.400. The number of halogens is 2. The van der Waals surface area contributed by atoms with Gasteiger partial charge in [0, 0.05) is 12.0 Å². The third-order valence-electron chi connectivity index (χ3n) is 6.86. The van der Waals surface area contributed by atoms with Crippen LogP contribution in [0.3, 0.4) is 0 Å². The van der Waals surface area contributed by atoms with Crippen molar-refractivity contribution in [2.45, 2.75) is 32.4 Å². The molecule has 0 aliphatic carbocycles. The Labute approximate surface area is 193 Å². The first-order valence-corrected chi connectivity index (χ1v) is 11.1. The molecule has 1 aromatic carbocycles. The van der Waals surface area contributed by atoms with Crippen molar-refractivity contribution in [1.29, 1.82) is 0 Å². The molecular weight excluding hydrogens is 717 g/mol. The van der Waals surface area contributed by atoms with Crippen molar-refractivity contribution >= 4 is 35.1 Å². The minimum atomic E-state index is -0.887. The summed E-state index contributed by atoms with van der Waals surface area (Å²) in [7, 11) is 1.91. The fourth-order valence-corrected chi connectivity index (χ4v) is 5.15. The molecule has 3 aromatic rings. The molecule has 2 aliphatic heterocycles. The summed E-state index contributed by atoms with van der Waals surface area (Å²) in [5.74, 6) is -1.59. The van der Waals surface area contributed by atoms with E-state index in [0.717, 1.165) is 22.5 Å². The van der Waals surface area contributed by atoms with Crippen LogP contribution in [0.15, 0.2) is 29.0 Å². The predicted molar refractivity (Wildman–Crippen MR) is 117 cm³/mol. The van der Waals surface area contributed by atoms with Gasteiger partial charge in [-0.15, -0.1) is 0 Å². The summed E-state index contributed by atoms with van der Waals surface area (Å²) >= 11 is 12.2. The maximum absolute atomic E-state index is 13.6. The third-order valence-corrected chi connectivity index (χ3v) is 7.60. The summed E-state index contributed by atoms with van der Waals surface area (Å²) < 4.78 is 7.07. The molecule has 1 radical (unpaired) electrons. The van der Waals surface area contributed by atoms with Crippen LogP contribution in [0.4, 0.5) is 0 Å². The summed E-state index contributed by atoms with van der Waals surface area (Å²) in [6.07, 6.45) is 2.39. The number of hydrogen-bond acceptors (Lipinski definition) is 5. The molecule has 181 valence electrons. The molecule has 8 nitrogen and oxygen atoms in total. The van der Waals surface area contributed by atoms with Crippen LogP contribution in [0.1, 0.15) is 40.1 Å². The van der Waals surface area contributed by atoms with Gasteiger partial charge in [0.2, 0.25) is 0 Å². The summed E-state index contributed by atoms with van der Waals surface area (Å²) in [5, 5.41) is 19.3. The molecule has 1 N–H and O–H groups in total. The average Bonchev–Trinajstić information content (AvgIpc) is 3.32. The van der Waals surface area contributed by atoms with E-state index in [-0.39, 0.29) is 23.0 Å². The zero-order valence-electron chi connectivity index (χ0n) is 17.8. The summed E-state index contributed by atoms with van der Waals surface area (Å²) in [5.41, 5.74) is 4.35. The van der Waals surface area contributed by atoms with Crippen molar-refractivity contribution in [2.75, 3.05) is 13.6 Å². The van der Waals surface area contributed by atoms with E-state index in [2.05, 4.69) is 5.16 Å². The molecule has 0 bridgehead atoms. The van der Waals surface area contributed by atoms with Gasteiger partial charge >= 0.3 is 11.9 Å². The first-order chi connectivity index (χ1) is 15.2. The zero-order chi connectivity index (χ0) is 22.8. The molecule has 2 aromatic heterocycles. The fourth-order valence-electron chi connectivity index (χ4n) is 4.85. The second-order valence-corrected chi connectivity index (χ2v) is 9.48. The van der Waals surface area contributed by atoms with Gasteiger partial charge < -0.3 is 9.63 Å². The molecule has 33 heavy (non-hydrogen) atoms. The van der Waals surface area contributed by atoms with Gasteiger partial charge in [0.1, 0.15) is 18.0 Å². The van der Waals surface area contributed by atoms with E-state index < -0.39 is 11.9 Å². The van der Waals surface area contributed by atoms with Crippen molar-refractivity contribution in [3.63, 3.8) is 0 Å². The van der Waals surface area contributed by atoms with Crippen LogP contribution in [0.2, 0.25) is 10.0 Å². The first-order valence-electron chi connectivity index (χ1n) is 10.3. The van der Waals surface area contributed by atoms with Crippen LogP contribution in [0.5, 0.6) is 0 Å². The minimum absolute atomic E-state index is 0. The number of hydrogen-bond donors (Lipinski definition) is 1. The van der Waals surface area contributed by atoms with Gasteiger partial charge in [-0.3, -0.25) is 14.0 Å². The van der Waals surface area contributed by atoms with Gasteiger partial charge in [-0.05, 0) is 31.5 Å². The Kier molecular flexibility index (Phi) is 5.27. The second kappa shape index (κ2) is 7.72. The number of aliphatic carboxylic acids is 1. The molecule has 11 heteroatoms. The number of carboxylic acids is 1. The van der Waals surface area contributed by atoms with E-state index >= 15 is 0 Å². The second-order valence-electron chi connectivity index (χ2n) is 8.67. The summed E-state index contributed by atoms with van der Waals surface area (Å²) in [6, 6.07) is 4.68. The number of rotatable bonds is 2. The van der Waals surface area contributed by atoms with E-state index in [1.807, 2.05) is 14.0 Å². The molecule has 0 spiro atoms. The Morgan fingerprint density at radius 2 is 2.03 bits per heavy atom. The zero-order valence-corrected chi connectivity index (χ0v) is 21.4. The number of carbonyl (C=O) groups excluding carboxylic acids is 1. The van der Waals surface area contributed by atoms with E-state index in [0.29, 0.717) is 40.7 Å². The Hall–Kier alpha value is -3.68. The van der Waals surface area contributed by atoms with Crippen molar-refractivity contribution in [1.82, 2.24) is 14.9 Å². The summed E-state index contributed by atoms with van der Waals surface area (Å²) in [6.45, 7) is 2.79. The molecular formula is C22H21Cl2LrN4O4+. The minimum Gasteiger partial charge on any atom is -0.481 e. The SMILES string of the molecule is C[C@@H]1c2c(nn3c2-c2nocc2CC(C(=O)O)C3)CC[N+]1(C)C(=O)c1ccc(Cl)c(Cl)c1.[Lr]. The largest absolute Gasteiger partial charge is 0.481 e. The number of benzene rings is 1. The molecule has 2 aliphatic rings. The van der Waals surface area contributed by atoms with Crippen LogP contribution in [-0.2, 0) is 24.2 Å². The standard InChI is InChI=1S/C22H20Cl2N4O4.Lr/c1-11-18-17(5-6-28(11,2)21(29)12-3-4-15(23)16(24)8-12)25-27-9-13(22(30)31)7-14-10-32-26-19(14)20(18)27;/h3-4,8,10-11,13H,5-7,9H2,1-2H3;/p+1/t11-,13?,28?;/m1./s1. The van der Waals surface area contributed by atoms with Gasteiger partial charge in [-0.1, -0.05) is 28.4 Å². The Morgan fingerprint density at radius 3 is 2.73 bits per heavy atom. The smallest absolute Gasteiger partial charge is 0.346 e. The molecule has 0 saturated carbocycles. The van der Waals surface area contributed by atoms with Crippen LogP contribution in [0.25, 0.3) is 11.4 Å². The third kappa shape index (κ3) is 3.28. The van der Waals surface area contributed by atoms with Gasteiger partial charge in [0.25, 0.3) is 0 Å². The van der Waals surface area contributed by atoms with Gasteiger partial charge in [0.15, 0.2) is 0 Å². The molecule has 1 amide bonds. The number of quaternary nitrogens is 1. The fraction of sp³-hybridized carbons (Fsp3) is 0.364. The maximum Gasteiger partial charge on any atom is 0.346 e. The Bertz CT molecular complexity index is 1270. The van der Waals surface area contributed by atoms with Crippen LogP contribution < -0.4 is 0 Å². The number of amides is 1. The van der Waals surface area contributed by atoms with E-state index in [1.165, 1.54) is 6.26 Å². The number of nitrogens with zero attached hydrogens (tertiary/aromatic N) is 4. The van der Waals surface area contributed by atoms with Gasteiger partial charge in [-0.2, -0.15) is 5.10 Å². The number of carboxylic acid groups (broad SMARTS) is 1. The number of likely N-dealkylation sites (N-methyl/N-ethyl adjacent to an activating group) is 1. The maximum atomic E-state index is 13.6. The van der Waals surface area contributed by atoms with Crippen LogP contribution in [-0.4, -0.2) is 50.0 Å². The van der Waals surface area contributed by atoms with E-state index in [4.69, 9.17) is 32.8 Å². The van der Waals surface area contributed by atoms with E-state index in [9.17, 15) is 14.7 Å².